The van der Waals surface area contributed by atoms with Crippen molar-refractivity contribution in [2.45, 2.75) is 6.92 Å². The van der Waals surface area contributed by atoms with Crippen LogP contribution in [0.25, 0.3) is 0 Å². The van der Waals surface area contributed by atoms with Crippen molar-refractivity contribution in [3.05, 3.63) is 11.5 Å². The lowest BCUT2D eigenvalue weighted by atomic mass is 10.5. The molecule has 1 heterocycles. The zero-order valence-electron chi connectivity index (χ0n) is 6.25. The van der Waals surface area contributed by atoms with Gasteiger partial charge in [-0.3, -0.25) is 0 Å². The minimum atomic E-state index is 0.880. The molecule has 10 heavy (non-hydrogen) atoms. The lowest BCUT2D eigenvalue weighted by molar-refractivity contribution is 0.0776. The summed E-state index contributed by atoms with van der Waals surface area (Å²) >= 11 is 1.77. The average Bonchev–Trinajstić information content (AvgIpc) is 2.03. The summed E-state index contributed by atoms with van der Waals surface area (Å²) in [6, 6.07) is 0. The van der Waals surface area contributed by atoms with Crippen LogP contribution in [-0.2, 0) is 4.74 Å². The van der Waals surface area contributed by atoms with Crippen LogP contribution in [0.3, 0.4) is 0 Å². The number of morpholine rings is 1. The Morgan fingerprint density at radius 1 is 1.40 bits per heavy atom. The molecule has 1 rings (SSSR count). The third-order valence-electron chi connectivity index (χ3n) is 1.32. The predicted octanol–water partition coefficient (Wildman–Crippen LogP) is 1.50. The maximum atomic E-state index is 5.20. The van der Waals surface area contributed by atoms with Gasteiger partial charge in [0.25, 0.3) is 0 Å². The molecular weight excluding hydrogens is 146 g/mol. The van der Waals surface area contributed by atoms with E-state index >= 15 is 0 Å². The van der Waals surface area contributed by atoms with Crippen molar-refractivity contribution in [1.29, 1.82) is 0 Å². The molecule has 0 saturated carbocycles. The Bertz CT molecular complexity index is 110. The second-order valence-electron chi connectivity index (χ2n) is 2.12. The van der Waals surface area contributed by atoms with E-state index in [2.05, 4.69) is 15.8 Å². The van der Waals surface area contributed by atoms with Crippen LogP contribution in [0.4, 0.5) is 0 Å². The van der Waals surface area contributed by atoms with Gasteiger partial charge in [0.2, 0.25) is 0 Å². The third-order valence-corrected chi connectivity index (χ3v) is 2.37. The molecule has 0 radical (unpaired) electrons. The third kappa shape index (κ3) is 2.73. The first kappa shape index (κ1) is 8.11. The zero-order valence-corrected chi connectivity index (χ0v) is 7.06. The molecule has 58 valence electrons. The smallest absolute Gasteiger partial charge is 0.0603 e. The summed E-state index contributed by atoms with van der Waals surface area (Å²) in [5.41, 5.74) is 0. The van der Waals surface area contributed by atoms with Crippen molar-refractivity contribution in [2.24, 2.45) is 0 Å². The van der Waals surface area contributed by atoms with Crippen LogP contribution in [0.2, 0.25) is 0 Å². The fourth-order valence-electron chi connectivity index (χ4n) is 0.799. The Hall–Kier alpha value is 0.01000. The molecular formula is C7H13NOS. The molecule has 0 unspecified atom stereocenters. The Morgan fingerprint density at radius 3 is 2.70 bits per heavy atom. The maximum Gasteiger partial charge on any atom is 0.0603 e. The molecule has 0 atom stereocenters. The highest BCUT2D eigenvalue weighted by Gasteiger charge is 2.07. The van der Waals surface area contributed by atoms with Gasteiger partial charge in [0.1, 0.15) is 0 Å². The molecule has 1 aliphatic heterocycles. The normalized spacial score (nSPS) is 22.1. The highest BCUT2D eigenvalue weighted by molar-refractivity contribution is 7.99. The predicted molar refractivity (Wildman–Crippen MR) is 44.8 cm³/mol. The van der Waals surface area contributed by atoms with Crippen LogP contribution in [0.1, 0.15) is 6.92 Å². The Kier molecular flexibility index (Phi) is 3.87. The molecule has 0 N–H and O–H groups in total. The van der Waals surface area contributed by atoms with Gasteiger partial charge in [-0.05, 0) is 12.3 Å². The maximum absolute atomic E-state index is 5.20. The number of ether oxygens (including phenoxy) is 1. The van der Waals surface area contributed by atoms with Gasteiger partial charge >= 0.3 is 0 Å². The van der Waals surface area contributed by atoms with E-state index < -0.39 is 0 Å². The number of rotatable bonds is 2. The summed E-state index contributed by atoms with van der Waals surface area (Å²) in [5, 5.41) is 2.10. The summed E-state index contributed by atoms with van der Waals surface area (Å²) in [7, 11) is 0. The average molecular weight is 159 g/mol. The van der Waals surface area contributed by atoms with Gasteiger partial charge in [0, 0.05) is 13.1 Å². The SMILES string of the molecule is CC=CSN1CCOCC1. The van der Waals surface area contributed by atoms with Gasteiger partial charge in [-0.2, -0.15) is 0 Å². The summed E-state index contributed by atoms with van der Waals surface area (Å²) in [6.45, 7) is 5.90. The molecule has 0 bridgehead atoms. The summed E-state index contributed by atoms with van der Waals surface area (Å²) in [6.07, 6.45) is 2.06. The molecule has 1 fully saturated rings. The van der Waals surface area contributed by atoms with Crippen LogP contribution in [0.15, 0.2) is 11.5 Å². The first-order chi connectivity index (χ1) is 4.93. The number of nitrogens with zero attached hydrogens (tertiary/aromatic N) is 1. The van der Waals surface area contributed by atoms with Crippen LogP contribution in [0.5, 0.6) is 0 Å². The van der Waals surface area contributed by atoms with Crippen LogP contribution < -0.4 is 0 Å². The fraction of sp³-hybridized carbons (Fsp3) is 0.714. The Labute approximate surface area is 66.4 Å². The minimum Gasteiger partial charge on any atom is -0.379 e. The molecule has 3 heteroatoms. The lowest BCUT2D eigenvalue weighted by Gasteiger charge is -2.23. The van der Waals surface area contributed by atoms with Crippen LogP contribution >= 0.6 is 11.9 Å². The molecule has 1 saturated heterocycles. The van der Waals surface area contributed by atoms with E-state index in [0.717, 1.165) is 26.3 Å². The van der Waals surface area contributed by atoms with Gasteiger partial charge < -0.3 is 4.74 Å². The van der Waals surface area contributed by atoms with Crippen molar-refractivity contribution in [3.63, 3.8) is 0 Å². The van der Waals surface area contributed by atoms with Gasteiger partial charge in [-0.1, -0.05) is 18.0 Å². The Morgan fingerprint density at radius 2 is 2.10 bits per heavy atom. The minimum absolute atomic E-state index is 0.880. The fourth-order valence-corrected chi connectivity index (χ4v) is 1.45. The number of allylic oxidation sites excluding steroid dienone is 1. The first-order valence-corrected chi connectivity index (χ1v) is 4.38. The Balaban J connectivity index is 2.13. The second-order valence-corrected chi connectivity index (χ2v) is 3.12. The van der Waals surface area contributed by atoms with E-state index in [9.17, 15) is 0 Å². The topological polar surface area (TPSA) is 12.5 Å². The standard InChI is InChI=1S/C7H13NOS/c1-2-7-10-8-3-5-9-6-4-8/h2,7H,3-6H2,1H3. The van der Waals surface area contributed by atoms with Crippen molar-refractivity contribution in [1.82, 2.24) is 4.31 Å². The van der Waals surface area contributed by atoms with Crippen molar-refractivity contribution < 1.29 is 4.74 Å². The number of hydrogen-bond donors (Lipinski definition) is 0. The molecule has 0 spiro atoms. The highest BCUT2D eigenvalue weighted by atomic mass is 32.2. The van der Waals surface area contributed by atoms with E-state index in [-0.39, 0.29) is 0 Å². The van der Waals surface area contributed by atoms with Crippen LogP contribution in [-0.4, -0.2) is 30.6 Å². The largest absolute Gasteiger partial charge is 0.379 e. The first-order valence-electron chi connectivity index (χ1n) is 3.54. The summed E-state index contributed by atoms with van der Waals surface area (Å²) in [5.74, 6) is 0. The molecule has 0 aliphatic carbocycles. The molecule has 0 amide bonds. The van der Waals surface area contributed by atoms with Crippen molar-refractivity contribution in [3.8, 4) is 0 Å². The molecule has 1 aliphatic rings. The monoisotopic (exact) mass is 159 g/mol. The molecule has 2 nitrogen and oxygen atoms in total. The molecule has 0 aromatic carbocycles. The van der Waals surface area contributed by atoms with E-state index in [0.29, 0.717) is 0 Å². The molecule has 0 aromatic rings. The van der Waals surface area contributed by atoms with E-state index in [4.69, 9.17) is 4.74 Å². The van der Waals surface area contributed by atoms with Gasteiger partial charge in [0.15, 0.2) is 0 Å². The second kappa shape index (κ2) is 4.77. The quantitative estimate of drug-likeness (QED) is 0.567. The summed E-state index contributed by atoms with van der Waals surface area (Å²) in [4.78, 5) is 0. The lowest BCUT2D eigenvalue weighted by Crippen LogP contribution is -2.30. The van der Waals surface area contributed by atoms with E-state index in [1.807, 2.05) is 6.92 Å². The van der Waals surface area contributed by atoms with Gasteiger partial charge in [0.05, 0.1) is 13.2 Å². The summed E-state index contributed by atoms with van der Waals surface area (Å²) < 4.78 is 7.51. The van der Waals surface area contributed by atoms with Gasteiger partial charge in [-0.15, -0.1) is 0 Å². The van der Waals surface area contributed by atoms with Crippen molar-refractivity contribution >= 4 is 11.9 Å². The van der Waals surface area contributed by atoms with E-state index in [1.165, 1.54) is 0 Å². The van der Waals surface area contributed by atoms with Gasteiger partial charge in [-0.25, -0.2) is 4.31 Å². The molecule has 0 aromatic heterocycles. The zero-order chi connectivity index (χ0) is 7.23. The number of hydrogen-bond acceptors (Lipinski definition) is 3. The van der Waals surface area contributed by atoms with Crippen LogP contribution in [0, 0.1) is 0 Å². The van der Waals surface area contributed by atoms with Crippen molar-refractivity contribution in [2.75, 3.05) is 26.3 Å². The van der Waals surface area contributed by atoms with E-state index in [1.54, 1.807) is 11.9 Å². The highest BCUT2D eigenvalue weighted by Crippen LogP contribution is 2.12.